The minimum absolute atomic E-state index is 0.187. The molecule has 2 aromatic carbocycles. The van der Waals surface area contributed by atoms with Crippen LogP contribution in [0.5, 0.6) is 0 Å². The predicted molar refractivity (Wildman–Crippen MR) is 207 cm³/mol. The molecule has 0 amide bonds. The van der Waals surface area contributed by atoms with Crippen LogP contribution in [0.25, 0.3) is 5.57 Å². The second kappa shape index (κ2) is 19.1. The Kier molecular flexibility index (Phi) is 15.6. The zero-order valence-electron chi connectivity index (χ0n) is 31.1. The van der Waals surface area contributed by atoms with Crippen LogP contribution in [0, 0.1) is 6.92 Å². The maximum Gasteiger partial charge on any atom is 0.0212 e. The molecule has 0 bridgehead atoms. The summed E-state index contributed by atoms with van der Waals surface area (Å²) < 4.78 is 0. The summed E-state index contributed by atoms with van der Waals surface area (Å²) in [5.74, 6) is 0. The first-order valence-corrected chi connectivity index (χ1v) is 19.1. The molecule has 0 aliphatic heterocycles. The summed E-state index contributed by atoms with van der Waals surface area (Å²) in [6.07, 6.45) is 28.0. The monoisotopic (exact) mass is 619 g/mol. The lowest BCUT2D eigenvalue weighted by Gasteiger charge is -2.35. The van der Waals surface area contributed by atoms with Gasteiger partial charge in [-0.3, -0.25) is 0 Å². The Hall–Kier alpha value is -2.86. The molecule has 0 radical (unpaired) electrons. The van der Waals surface area contributed by atoms with E-state index >= 15 is 0 Å². The molecule has 1 atom stereocenters. The molecule has 0 aromatic heterocycles. The van der Waals surface area contributed by atoms with Gasteiger partial charge in [-0.15, -0.1) is 0 Å². The third-order valence-corrected chi connectivity index (χ3v) is 10.4. The number of benzene rings is 2. The van der Waals surface area contributed by atoms with Gasteiger partial charge in [0.15, 0.2) is 0 Å². The van der Waals surface area contributed by atoms with Crippen molar-refractivity contribution in [2.45, 2.75) is 157 Å². The fourth-order valence-electron chi connectivity index (χ4n) is 7.74. The van der Waals surface area contributed by atoms with E-state index in [2.05, 4.69) is 88.9 Å². The fraction of sp³-hybridized carbons (Fsp3) is 0.522. The first kappa shape index (κ1) is 37.6. The van der Waals surface area contributed by atoms with Gasteiger partial charge in [0, 0.05) is 5.41 Å². The van der Waals surface area contributed by atoms with Gasteiger partial charge < -0.3 is 0 Å². The summed E-state index contributed by atoms with van der Waals surface area (Å²) in [6, 6.07) is 14.6. The molecule has 5 rings (SSSR count). The average Bonchev–Trinajstić information content (AvgIpc) is 3.31. The first-order chi connectivity index (χ1) is 22.4. The second-order valence-electron chi connectivity index (χ2n) is 13.6. The van der Waals surface area contributed by atoms with Gasteiger partial charge in [-0.25, -0.2) is 0 Å². The summed E-state index contributed by atoms with van der Waals surface area (Å²) in [6.45, 7) is 21.1. The quantitative estimate of drug-likeness (QED) is 0.138. The molecule has 0 spiro atoms. The molecule has 2 aromatic rings. The van der Waals surface area contributed by atoms with E-state index in [0.717, 1.165) is 12.8 Å². The Balaban J connectivity index is 0.00000139. The van der Waals surface area contributed by atoms with E-state index in [-0.39, 0.29) is 5.41 Å². The minimum Gasteiger partial charge on any atom is -0.0991 e. The molecule has 250 valence electrons. The third kappa shape index (κ3) is 9.36. The smallest absolute Gasteiger partial charge is 0.0212 e. The molecule has 3 aliphatic rings. The zero-order valence-corrected chi connectivity index (χ0v) is 31.1. The van der Waals surface area contributed by atoms with Crippen LogP contribution in [0.2, 0.25) is 0 Å². The molecule has 0 saturated heterocycles. The Labute approximate surface area is 284 Å². The van der Waals surface area contributed by atoms with Gasteiger partial charge in [0.05, 0.1) is 0 Å². The lowest BCUT2D eigenvalue weighted by molar-refractivity contribution is 0.398. The lowest BCUT2D eigenvalue weighted by atomic mass is 9.68. The molecular formula is C46H66. The van der Waals surface area contributed by atoms with Crippen molar-refractivity contribution in [2.75, 3.05) is 0 Å². The summed E-state index contributed by atoms with van der Waals surface area (Å²) in [5, 5.41) is 0. The highest BCUT2D eigenvalue weighted by Gasteiger charge is 2.43. The van der Waals surface area contributed by atoms with Crippen LogP contribution in [-0.4, -0.2) is 0 Å². The highest BCUT2D eigenvalue weighted by atomic mass is 14.5. The number of fused-ring (bicyclic) bond motifs is 3. The van der Waals surface area contributed by atoms with Gasteiger partial charge in [0.1, 0.15) is 0 Å². The minimum atomic E-state index is 0.187. The number of aryl methyl sites for hydroxylation is 4. The van der Waals surface area contributed by atoms with E-state index in [1.807, 2.05) is 33.8 Å². The fourth-order valence-corrected chi connectivity index (χ4v) is 7.74. The van der Waals surface area contributed by atoms with E-state index in [9.17, 15) is 0 Å². The van der Waals surface area contributed by atoms with E-state index < -0.39 is 0 Å². The number of allylic oxidation sites excluding steroid dienone is 9. The lowest BCUT2D eigenvalue weighted by Crippen LogP contribution is -2.27. The van der Waals surface area contributed by atoms with Crippen LogP contribution < -0.4 is 0 Å². The summed E-state index contributed by atoms with van der Waals surface area (Å²) in [4.78, 5) is 0. The van der Waals surface area contributed by atoms with Crippen LogP contribution in [-0.2, 0) is 24.7 Å². The molecule has 0 nitrogen and oxygen atoms in total. The van der Waals surface area contributed by atoms with Crippen LogP contribution in [0.3, 0.4) is 0 Å². The van der Waals surface area contributed by atoms with Gasteiger partial charge in [0.25, 0.3) is 0 Å². The van der Waals surface area contributed by atoms with Crippen LogP contribution >= 0.6 is 0 Å². The molecule has 0 heteroatoms. The summed E-state index contributed by atoms with van der Waals surface area (Å²) in [7, 11) is 0. The maximum atomic E-state index is 3.96. The Morgan fingerprint density at radius 3 is 2.17 bits per heavy atom. The van der Waals surface area contributed by atoms with Crippen molar-refractivity contribution >= 4 is 5.57 Å². The third-order valence-electron chi connectivity index (χ3n) is 10.4. The van der Waals surface area contributed by atoms with Crippen molar-refractivity contribution in [3.8, 4) is 0 Å². The molecule has 46 heavy (non-hydrogen) atoms. The van der Waals surface area contributed by atoms with Crippen molar-refractivity contribution in [1.82, 2.24) is 0 Å². The summed E-state index contributed by atoms with van der Waals surface area (Å²) >= 11 is 0. The SMILES string of the molecule is C=C/C=C(\C=C(/C)CC)CCCCCC1(CCCCCc2ccc3c(c2)CC3)C2=C(CCC(C)=C2)c2ccc(C)cc21.CC.CC. The Morgan fingerprint density at radius 1 is 0.804 bits per heavy atom. The number of hydrogen-bond acceptors (Lipinski definition) is 0. The van der Waals surface area contributed by atoms with Gasteiger partial charge in [-0.2, -0.15) is 0 Å². The van der Waals surface area contributed by atoms with Crippen molar-refractivity contribution in [3.63, 3.8) is 0 Å². The number of rotatable bonds is 15. The van der Waals surface area contributed by atoms with Crippen LogP contribution in [0.15, 0.2) is 89.6 Å². The van der Waals surface area contributed by atoms with Gasteiger partial charge in [0.2, 0.25) is 0 Å². The number of hydrogen-bond donors (Lipinski definition) is 0. The normalized spacial score (nSPS) is 18.2. The second-order valence-corrected chi connectivity index (χ2v) is 13.6. The van der Waals surface area contributed by atoms with Crippen LogP contribution in [0.1, 0.15) is 159 Å². The molecule has 0 saturated carbocycles. The van der Waals surface area contributed by atoms with E-state index in [4.69, 9.17) is 0 Å². The van der Waals surface area contributed by atoms with Crippen molar-refractivity contribution < 1.29 is 0 Å². The number of unbranched alkanes of at least 4 members (excludes halogenated alkanes) is 4. The average molecular weight is 619 g/mol. The molecule has 0 fully saturated rings. The molecule has 3 aliphatic carbocycles. The standard InChI is InChI=1S/C42H54.2C2H6/c1-6-14-34(27-31(3)7-2)15-10-8-12-25-42(26-13-9-11-16-35-19-20-36-21-22-37(36)30-35)40-28-32(4)17-23-38(40)39-24-18-33(5)29-41(39)42;2*1-2/h6,14,17,19-20,23,27-30H,1,7-13,15-16,18,21-22,24-26H2,2-5H3;2*1-2H3/b31-27+,34-14-;;. The highest BCUT2D eigenvalue weighted by Crippen LogP contribution is 2.56. The van der Waals surface area contributed by atoms with E-state index in [1.54, 1.807) is 44.5 Å². The molecule has 0 N–H and O–H groups in total. The zero-order chi connectivity index (χ0) is 33.5. The maximum absolute atomic E-state index is 3.96. The van der Waals surface area contributed by atoms with Crippen molar-refractivity contribution in [1.29, 1.82) is 0 Å². The first-order valence-electron chi connectivity index (χ1n) is 19.1. The van der Waals surface area contributed by atoms with Gasteiger partial charge in [-0.05, 0) is 136 Å². The predicted octanol–water partition coefficient (Wildman–Crippen LogP) is 14.1. The molecule has 0 heterocycles. The van der Waals surface area contributed by atoms with Crippen molar-refractivity contribution in [3.05, 3.63) is 123 Å². The molecular weight excluding hydrogens is 553 g/mol. The van der Waals surface area contributed by atoms with E-state index in [0.29, 0.717) is 0 Å². The topological polar surface area (TPSA) is 0 Å². The Bertz CT molecular complexity index is 1400. The van der Waals surface area contributed by atoms with Gasteiger partial charge in [-0.1, -0.05) is 144 Å². The highest BCUT2D eigenvalue weighted by molar-refractivity contribution is 5.84. The largest absolute Gasteiger partial charge is 0.0991 e. The Morgan fingerprint density at radius 2 is 1.52 bits per heavy atom. The van der Waals surface area contributed by atoms with Crippen LogP contribution in [0.4, 0.5) is 0 Å². The molecule has 1 unspecified atom stereocenters. The summed E-state index contributed by atoms with van der Waals surface area (Å²) in [5.41, 5.74) is 17.4. The van der Waals surface area contributed by atoms with Crippen molar-refractivity contribution in [2.24, 2.45) is 0 Å². The van der Waals surface area contributed by atoms with Gasteiger partial charge >= 0.3 is 0 Å². The van der Waals surface area contributed by atoms with E-state index in [1.165, 1.54) is 100 Å².